The van der Waals surface area contributed by atoms with Gasteiger partial charge in [0.25, 0.3) is 0 Å². The van der Waals surface area contributed by atoms with Crippen molar-refractivity contribution in [2.75, 3.05) is 13.2 Å². The SMILES string of the molecule is CCCCOc1ccc(-c2ccc(CCc3ccc(C4CCC(OCCCC)CC4)c(F)c3F)cc2)c(F)c1F. The molecule has 216 valence electrons. The molecule has 0 heterocycles. The van der Waals surface area contributed by atoms with E-state index >= 15 is 8.78 Å². The first-order valence-corrected chi connectivity index (χ1v) is 14.7. The van der Waals surface area contributed by atoms with Gasteiger partial charge >= 0.3 is 0 Å². The Balaban J connectivity index is 1.35. The summed E-state index contributed by atoms with van der Waals surface area (Å²) in [5.74, 6) is -3.51. The van der Waals surface area contributed by atoms with Crippen molar-refractivity contribution in [3.8, 4) is 16.9 Å². The van der Waals surface area contributed by atoms with Crippen molar-refractivity contribution in [3.63, 3.8) is 0 Å². The smallest absolute Gasteiger partial charge is 0.201 e. The van der Waals surface area contributed by atoms with Crippen molar-refractivity contribution in [3.05, 3.63) is 88.5 Å². The van der Waals surface area contributed by atoms with Crippen molar-refractivity contribution in [2.45, 2.75) is 90.1 Å². The molecule has 4 rings (SSSR count). The molecular formula is C34H40F4O2. The minimum absolute atomic E-state index is 0.0179. The van der Waals surface area contributed by atoms with Crippen molar-refractivity contribution >= 4 is 0 Å². The van der Waals surface area contributed by atoms with E-state index in [0.717, 1.165) is 63.5 Å². The van der Waals surface area contributed by atoms with Gasteiger partial charge in [0.2, 0.25) is 5.82 Å². The summed E-state index contributed by atoms with van der Waals surface area (Å²) in [6.45, 7) is 5.23. The first-order valence-electron chi connectivity index (χ1n) is 14.7. The highest BCUT2D eigenvalue weighted by molar-refractivity contribution is 5.65. The van der Waals surface area contributed by atoms with Crippen LogP contribution in [0.4, 0.5) is 17.6 Å². The van der Waals surface area contributed by atoms with Crippen molar-refractivity contribution in [1.82, 2.24) is 0 Å². The summed E-state index contributed by atoms with van der Waals surface area (Å²) in [6, 6.07) is 13.5. The molecule has 0 unspecified atom stereocenters. The Hall–Kier alpha value is -2.86. The Bertz CT molecular complexity index is 1230. The fourth-order valence-corrected chi connectivity index (χ4v) is 5.37. The normalized spacial score (nSPS) is 17.2. The van der Waals surface area contributed by atoms with Crippen LogP contribution < -0.4 is 4.74 Å². The van der Waals surface area contributed by atoms with Gasteiger partial charge in [0.15, 0.2) is 23.2 Å². The van der Waals surface area contributed by atoms with E-state index in [1.54, 1.807) is 24.3 Å². The molecule has 6 heteroatoms. The van der Waals surface area contributed by atoms with Gasteiger partial charge in [-0.1, -0.05) is 63.1 Å². The Morgan fingerprint density at radius 3 is 2.08 bits per heavy atom. The summed E-state index contributed by atoms with van der Waals surface area (Å²) in [5.41, 5.74) is 2.39. The van der Waals surface area contributed by atoms with Gasteiger partial charge in [0.1, 0.15) is 0 Å². The molecule has 0 atom stereocenters. The summed E-state index contributed by atoms with van der Waals surface area (Å²) in [4.78, 5) is 0. The first kappa shape index (κ1) is 30.1. The maximum Gasteiger partial charge on any atom is 0.201 e. The van der Waals surface area contributed by atoms with Crippen LogP contribution in [0.1, 0.15) is 87.8 Å². The summed E-state index contributed by atoms with van der Waals surface area (Å²) >= 11 is 0. The van der Waals surface area contributed by atoms with E-state index in [1.165, 1.54) is 12.1 Å². The van der Waals surface area contributed by atoms with Crippen LogP contribution in [-0.2, 0) is 17.6 Å². The van der Waals surface area contributed by atoms with Crippen LogP contribution in [0, 0.1) is 23.3 Å². The Kier molecular flexibility index (Phi) is 11.0. The largest absolute Gasteiger partial charge is 0.490 e. The van der Waals surface area contributed by atoms with E-state index in [9.17, 15) is 8.78 Å². The average Bonchev–Trinajstić information content (AvgIpc) is 2.97. The number of benzene rings is 3. The zero-order chi connectivity index (χ0) is 28.5. The van der Waals surface area contributed by atoms with Crippen molar-refractivity contribution in [1.29, 1.82) is 0 Å². The lowest BCUT2D eigenvalue weighted by molar-refractivity contribution is 0.0230. The van der Waals surface area contributed by atoms with Gasteiger partial charge < -0.3 is 9.47 Å². The molecule has 0 radical (unpaired) electrons. The van der Waals surface area contributed by atoms with E-state index in [-0.39, 0.29) is 23.3 Å². The highest BCUT2D eigenvalue weighted by atomic mass is 19.2. The maximum atomic E-state index is 15.1. The lowest BCUT2D eigenvalue weighted by Crippen LogP contribution is -2.22. The van der Waals surface area contributed by atoms with Gasteiger partial charge in [-0.2, -0.15) is 4.39 Å². The lowest BCUT2D eigenvalue weighted by Gasteiger charge is -2.29. The van der Waals surface area contributed by atoms with Gasteiger partial charge in [0, 0.05) is 12.2 Å². The van der Waals surface area contributed by atoms with Crippen molar-refractivity contribution < 1.29 is 27.0 Å². The highest BCUT2D eigenvalue weighted by Gasteiger charge is 2.26. The molecule has 0 spiro atoms. The van der Waals surface area contributed by atoms with Gasteiger partial charge in [0.05, 0.1) is 12.7 Å². The van der Waals surface area contributed by atoms with Crippen LogP contribution in [-0.4, -0.2) is 19.3 Å². The third kappa shape index (κ3) is 7.45. The minimum Gasteiger partial charge on any atom is -0.490 e. The number of ether oxygens (including phenoxy) is 2. The number of rotatable bonds is 13. The quantitative estimate of drug-likeness (QED) is 0.154. The summed E-state index contributed by atoms with van der Waals surface area (Å²) < 4.78 is 70.5. The van der Waals surface area contributed by atoms with Crippen LogP contribution in [0.15, 0.2) is 48.5 Å². The molecule has 0 aliphatic heterocycles. The molecule has 3 aromatic carbocycles. The second-order valence-electron chi connectivity index (χ2n) is 10.8. The molecule has 0 bridgehead atoms. The van der Waals surface area contributed by atoms with E-state index in [4.69, 9.17) is 9.47 Å². The molecule has 1 aliphatic carbocycles. The molecule has 40 heavy (non-hydrogen) atoms. The monoisotopic (exact) mass is 556 g/mol. The standard InChI is InChI=1S/C34H40F4O2/c1-3-5-21-39-27-16-13-25(14-17-27)28-18-15-26(31(35)32(28)36)12-9-23-7-10-24(11-8-23)29-19-20-30(34(38)33(29)37)40-22-6-4-2/h7-8,10-11,15,18-20,25,27H,3-6,9,12-14,16-17,21-22H2,1-2H3. The van der Waals surface area contributed by atoms with Crippen molar-refractivity contribution in [2.24, 2.45) is 0 Å². The highest BCUT2D eigenvalue weighted by Crippen LogP contribution is 2.37. The Labute approximate surface area is 235 Å². The number of halogens is 4. The topological polar surface area (TPSA) is 18.5 Å². The van der Waals surface area contributed by atoms with Crippen LogP contribution in [0.2, 0.25) is 0 Å². The van der Waals surface area contributed by atoms with Crippen LogP contribution in [0.25, 0.3) is 11.1 Å². The Morgan fingerprint density at radius 1 is 0.675 bits per heavy atom. The van der Waals surface area contributed by atoms with Crippen LogP contribution in [0.5, 0.6) is 5.75 Å². The second kappa shape index (κ2) is 14.7. The van der Waals surface area contributed by atoms with Crippen LogP contribution in [0.3, 0.4) is 0 Å². The molecule has 0 aromatic heterocycles. The first-order chi connectivity index (χ1) is 19.4. The van der Waals surface area contributed by atoms with Gasteiger partial charge in [-0.3, -0.25) is 0 Å². The van der Waals surface area contributed by atoms with Crippen LogP contribution >= 0.6 is 0 Å². The second-order valence-corrected chi connectivity index (χ2v) is 10.8. The zero-order valence-electron chi connectivity index (χ0n) is 23.6. The van der Waals surface area contributed by atoms with E-state index in [2.05, 4.69) is 6.92 Å². The molecular weight excluding hydrogens is 516 g/mol. The molecule has 3 aromatic rings. The molecule has 1 aliphatic rings. The predicted molar refractivity (Wildman–Crippen MR) is 152 cm³/mol. The molecule has 1 fully saturated rings. The summed E-state index contributed by atoms with van der Waals surface area (Å²) in [5, 5.41) is 0. The molecule has 0 N–H and O–H groups in total. The molecule has 0 saturated heterocycles. The number of unbranched alkanes of at least 4 members (excludes halogenated alkanes) is 2. The Morgan fingerprint density at radius 2 is 1.38 bits per heavy atom. The fourth-order valence-electron chi connectivity index (χ4n) is 5.37. The zero-order valence-corrected chi connectivity index (χ0v) is 23.6. The third-order valence-corrected chi connectivity index (χ3v) is 7.91. The van der Waals surface area contributed by atoms with E-state index in [0.29, 0.717) is 36.1 Å². The van der Waals surface area contributed by atoms with Gasteiger partial charge in [-0.15, -0.1) is 0 Å². The van der Waals surface area contributed by atoms with E-state index in [1.807, 2.05) is 19.1 Å². The maximum absolute atomic E-state index is 15.1. The van der Waals surface area contributed by atoms with E-state index < -0.39 is 23.3 Å². The third-order valence-electron chi connectivity index (χ3n) is 7.91. The number of aryl methyl sites for hydroxylation is 2. The number of hydrogen-bond acceptors (Lipinski definition) is 2. The molecule has 2 nitrogen and oxygen atoms in total. The predicted octanol–water partition coefficient (Wildman–Crippen LogP) is 9.72. The lowest BCUT2D eigenvalue weighted by atomic mass is 9.82. The summed E-state index contributed by atoms with van der Waals surface area (Å²) in [6.07, 6.45) is 8.23. The minimum atomic E-state index is -0.994. The number of hydrogen-bond donors (Lipinski definition) is 0. The average molecular weight is 557 g/mol. The summed E-state index contributed by atoms with van der Waals surface area (Å²) in [7, 11) is 0. The molecule has 0 amide bonds. The van der Waals surface area contributed by atoms with Gasteiger partial charge in [-0.05, 0) is 91.7 Å². The van der Waals surface area contributed by atoms with Gasteiger partial charge in [-0.25, -0.2) is 13.2 Å². The molecule has 1 saturated carbocycles. The fraction of sp³-hybridized carbons (Fsp3) is 0.471.